The van der Waals surface area contributed by atoms with Crippen molar-refractivity contribution in [3.63, 3.8) is 0 Å². The third-order valence-electron chi connectivity index (χ3n) is 6.49. The van der Waals surface area contributed by atoms with Crippen LogP contribution in [0.1, 0.15) is 83.2 Å². The van der Waals surface area contributed by atoms with E-state index in [0.717, 1.165) is 11.1 Å². The molecule has 3 amide bonds. The fraction of sp³-hybridized carbons (Fsp3) is 0.515. The van der Waals surface area contributed by atoms with Crippen LogP contribution < -0.4 is 10.6 Å². The summed E-state index contributed by atoms with van der Waals surface area (Å²) in [6, 6.07) is 9.77. The fourth-order valence-electron chi connectivity index (χ4n) is 4.68. The first-order valence-corrected chi connectivity index (χ1v) is 14.5. The number of carbonyl (C=O) groups excluding carboxylic acids is 4. The molecule has 43 heavy (non-hydrogen) atoms. The molecule has 3 N–H and O–H groups in total. The minimum Gasteiger partial charge on any atom is -0.508 e. The number of aryl methyl sites for hydroxylation is 2. The number of hydrogen-bond acceptors (Lipinski definition) is 7. The topological polar surface area (TPSA) is 134 Å². The van der Waals surface area contributed by atoms with Gasteiger partial charge < -0.3 is 30.1 Å². The van der Waals surface area contributed by atoms with Gasteiger partial charge in [0.1, 0.15) is 23.4 Å². The van der Waals surface area contributed by atoms with Crippen LogP contribution in [0.2, 0.25) is 0 Å². The van der Waals surface area contributed by atoms with E-state index in [1.54, 1.807) is 39.8 Å². The van der Waals surface area contributed by atoms with Crippen LogP contribution in [0.3, 0.4) is 0 Å². The van der Waals surface area contributed by atoms with Crippen LogP contribution in [0.15, 0.2) is 42.5 Å². The van der Waals surface area contributed by atoms with Crippen LogP contribution in [0.5, 0.6) is 5.75 Å². The van der Waals surface area contributed by atoms with Gasteiger partial charge in [0, 0.05) is 18.5 Å². The van der Waals surface area contributed by atoms with Gasteiger partial charge in [-0.3, -0.25) is 14.4 Å². The van der Waals surface area contributed by atoms with Gasteiger partial charge in [-0.15, -0.1) is 0 Å². The van der Waals surface area contributed by atoms with Gasteiger partial charge in [0.15, 0.2) is 0 Å². The lowest BCUT2D eigenvalue weighted by atomic mass is 9.91. The Kier molecular flexibility index (Phi) is 12.2. The third-order valence-corrected chi connectivity index (χ3v) is 6.49. The van der Waals surface area contributed by atoms with Gasteiger partial charge in [0.25, 0.3) is 0 Å². The number of phenolic OH excluding ortho intramolecular Hbond substituents is 1. The molecule has 2 unspecified atom stereocenters. The number of esters is 1. The average molecular weight is 598 g/mol. The first-order chi connectivity index (χ1) is 19.9. The molecule has 10 nitrogen and oxygen atoms in total. The molecule has 2 rings (SSSR count). The summed E-state index contributed by atoms with van der Waals surface area (Å²) in [7, 11) is 0. The minimum atomic E-state index is -1.11. The van der Waals surface area contributed by atoms with Crippen molar-refractivity contribution < 1.29 is 33.8 Å². The molecular weight excluding hydrogens is 550 g/mol. The van der Waals surface area contributed by atoms with E-state index in [-0.39, 0.29) is 31.7 Å². The molecule has 0 aliphatic carbocycles. The summed E-state index contributed by atoms with van der Waals surface area (Å²) in [5, 5.41) is 15.3. The van der Waals surface area contributed by atoms with E-state index in [0.29, 0.717) is 11.1 Å². The second kappa shape index (κ2) is 14.9. The smallest absolute Gasteiger partial charge is 0.408 e. The zero-order valence-electron chi connectivity index (χ0n) is 26.9. The highest BCUT2D eigenvalue weighted by molar-refractivity contribution is 5.93. The van der Waals surface area contributed by atoms with Gasteiger partial charge in [0.05, 0.1) is 13.0 Å². The number of aromatic hydroxyl groups is 1. The van der Waals surface area contributed by atoms with E-state index in [1.807, 2.05) is 52.8 Å². The van der Waals surface area contributed by atoms with E-state index in [4.69, 9.17) is 9.47 Å². The van der Waals surface area contributed by atoms with Crippen LogP contribution in [-0.4, -0.2) is 64.2 Å². The van der Waals surface area contributed by atoms with Gasteiger partial charge >= 0.3 is 12.1 Å². The van der Waals surface area contributed by atoms with Gasteiger partial charge in [-0.2, -0.15) is 0 Å². The van der Waals surface area contributed by atoms with E-state index in [1.165, 1.54) is 17.0 Å². The monoisotopic (exact) mass is 597 g/mol. The Balaban J connectivity index is 2.60. The predicted octanol–water partition coefficient (Wildman–Crippen LogP) is 4.88. The fourth-order valence-corrected chi connectivity index (χ4v) is 4.68. The van der Waals surface area contributed by atoms with E-state index < -0.39 is 47.1 Å². The summed E-state index contributed by atoms with van der Waals surface area (Å²) < 4.78 is 10.5. The molecule has 0 bridgehead atoms. The zero-order valence-corrected chi connectivity index (χ0v) is 26.9. The molecule has 0 aromatic heterocycles. The Hall–Kier alpha value is -4.08. The molecule has 10 heteroatoms. The highest BCUT2D eigenvalue weighted by Gasteiger charge is 2.42. The molecule has 2 atom stereocenters. The highest BCUT2D eigenvalue weighted by Crippen LogP contribution is 2.32. The normalized spacial score (nSPS) is 13.0. The van der Waals surface area contributed by atoms with Gasteiger partial charge in [-0.25, -0.2) is 4.79 Å². The molecule has 0 fully saturated rings. The van der Waals surface area contributed by atoms with Gasteiger partial charge in [0.2, 0.25) is 11.8 Å². The van der Waals surface area contributed by atoms with Crippen molar-refractivity contribution in [1.82, 2.24) is 15.5 Å². The summed E-state index contributed by atoms with van der Waals surface area (Å²) in [5.74, 6) is -1.35. The molecular formula is C33H47N3O7. The number of rotatable bonds is 11. The summed E-state index contributed by atoms with van der Waals surface area (Å²) in [5.41, 5.74) is 1.41. The number of phenols is 1. The van der Waals surface area contributed by atoms with Crippen LogP contribution in [0.25, 0.3) is 0 Å². The number of nitrogens with zero attached hydrogens (tertiary/aromatic N) is 1. The van der Waals surface area contributed by atoms with Gasteiger partial charge in [-0.1, -0.05) is 35.9 Å². The quantitative estimate of drug-likeness (QED) is 0.314. The van der Waals surface area contributed by atoms with Crippen LogP contribution >= 0.6 is 0 Å². The summed E-state index contributed by atoms with van der Waals surface area (Å²) in [4.78, 5) is 54.9. The van der Waals surface area contributed by atoms with E-state index in [2.05, 4.69) is 10.6 Å². The van der Waals surface area contributed by atoms with Crippen molar-refractivity contribution in [3.8, 4) is 5.75 Å². The maximum atomic E-state index is 14.6. The number of alkyl carbamates (subject to hydrolysis) is 1. The van der Waals surface area contributed by atoms with Gasteiger partial charge in [-0.05, 0) is 91.1 Å². The van der Waals surface area contributed by atoms with Crippen molar-refractivity contribution in [2.75, 3.05) is 13.2 Å². The molecule has 0 saturated carbocycles. The highest BCUT2D eigenvalue weighted by atomic mass is 16.6. The Morgan fingerprint density at radius 1 is 0.953 bits per heavy atom. The Morgan fingerprint density at radius 2 is 1.58 bits per heavy atom. The Morgan fingerprint density at radius 3 is 2.12 bits per heavy atom. The lowest BCUT2D eigenvalue weighted by molar-refractivity contribution is -0.149. The van der Waals surface area contributed by atoms with E-state index >= 15 is 0 Å². The standard InChI is InChI=1S/C33H47N3O7/c1-10-42-27(38)17-18-34-29(39)28(25-16-11-21(2)19-22(25)3)36(32(4,5)6)30(40)26(35-31(41)43-33(7,8)9)20-23-12-14-24(37)15-13-23/h11-16,19,26,28,37H,10,17-18,20H2,1-9H3,(H,34,39)(H,35,41). The molecule has 0 saturated heterocycles. The van der Waals surface area contributed by atoms with Crippen molar-refractivity contribution in [2.45, 2.75) is 98.4 Å². The van der Waals surface area contributed by atoms with Crippen molar-refractivity contribution in [2.24, 2.45) is 0 Å². The number of carbonyl (C=O) groups is 4. The maximum absolute atomic E-state index is 14.6. The van der Waals surface area contributed by atoms with E-state index in [9.17, 15) is 24.3 Å². The maximum Gasteiger partial charge on any atom is 0.408 e. The number of hydrogen-bond donors (Lipinski definition) is 3. The van der Waals surface area contributed by atoms with Crippen LogP contribution in [0, 0.1) is 13.8 Å². The SMILES string of the molecule is CCOC(=O)CCNC(=O)C(c1ccc(C)cc1C)N(C(=O)C(Cc1ccc(O)cc1)NC(=O)OC(C)(C)C)C(C)(C)C. The number of amides is 3. The Bertz CT molecular complexity index is 1280. The summed E-state index contributed by atoms with van der Waals surface area (Å²) in [6.07, 6.45) is -0.720. The van der Waals surface area contributed by atoms with Crippen LogP contribution in [0.4, 0.5) is 4.79 Å². The first kappa shape index (κ1) is 35.1. The van der Waals surface area contributed by atoms with Crippen molar-refractivity contribution in [1.29, 1.82) is 0 Å². The second-order valence-corrected chi connectivity index (χ2v) is 12.6. The molecule has 2 aromatic carbocycles. The lowest BCUT2D eigenvalue weighted by Gasteiger charge is -2.43. The molecule has 2 aromatic rings. The predicted molar refractivity (Wildman–Crippen MR) is 164 cm³/mol. The molecule has 0 radical (unpaired) electrons. The molecule has 0 aliphatic rings. The third kappa shape index (κ3) is 10.9. The van der Waals surface area contributed by atoms with Crippen molar-refractivity contribution >= 4 is 23.9 Å². The number of benzene rings is 2. The lowest BCUT2D eigenvalue weighted by Crippen LogP contribution is -2.59. The first-order valence-electron chi connectivity index (χ1n) is 14.5. The molecule has 236 valence electrons. The molecule has 0 spiro atoms. The van der Waals surface area contributed by atoms with Crippen molar-refractivity contribution in [3.05, 3.63) is 64.7 Å². The summed E-state index contributed by atoms with van der Waals surface area (Å²) in [6.45, 7) is 16.4. The summed E-state index contributed by atoms with van der Waals surface area (Å²) >= 11 is 0. The Labute approximate surface area is 255 Å². The average Bonchev–Trinajstić information content (AvgIpc) is 2.86. The zero-order chi connectivity index (χ0) is 32.5. The number of nitrogens with one attached hydrogen (secondary N) is 2. The molecule has 0 heterocycles. The van der Waals surface area contributed by atoms with Crippen LogP contribution in [-0.2, 0) is 30.3 Å². The molecule has 0 aliphatic heterocycles. The minimum absolute atomic E-state index is 0.0215. The number of ether oxygens (including phenoxy) is 2. The largest absolute Gasteiger partial charge is 0.508 e. The second-order valence-electron chi connectivity index (χ2n) is 12.6.